The van der Waals surface area contributed by atoms with Gasteiger partial charge in [0.25, 0.3) is 5.91 Å². The zero-order valence-electron chi connectivity index (χ0n) is 18.4. The van der Waals surface area contributed by atoms with Crippen molar-refractivity contribution in [3.05, 3.63) is 53.1 Å². The van der Waals surface area contributed by atoms with Crippen LogP contribution in [0.5, 0.6) is 5.75 Å². The second-order valence-electron chi connectivity index (χ2n) is 7.95. The summed E-state index contributed by atoms with van der Waals surface area (Å²) >= 11 is 6.48. The maximum atomic E-state index is 12.3. The molecule has 1 fully saturated rings. The van der Waals surface area contributed by atoms with Crippen molar-refractivity contribution in [2.45, 2.75) is 33.1 Å². The highest BCUT2D eigenvalue weighted by Gasteiger charge is 2.21. The van der Waals surface area contributed by atoms with Gasteiger partial charge in [0.1, 0.15) is 5.75 Å². The third-order valence-corrected chi connectivity index (χ3v) is 5.73. The first kappa shape index (κ1) is 22.9. The van der Waals surface area contributed by atoms with Gasteiger partial charge in [-0.2, -0.15) is 0 Å². The van der Waals surface area contributed by atoms with E-state index in [9.17, 15) is 9.59 Å². The predicted molar refractivity (Wildman–Crippen MR) is 125 cm³/mol. The fourth-order valence-corrected chi connectivity index (χ4v) is 3.86. The van der Waals surface area contributed by atoms with Gasteiger partial charge in [-0.3, -0.25) is 9.59 Å². The lowest BCUT2D eigenvalue weighted by Crippen LogP contribution is -2.48. The molecule has 0 aromatic heterocycles. The molecule has 3 rings (SSSR count). The van der Waals surface area contributed by atoms with E-state index in [2.05, 4.69) is 24.1 Å². The summed E-state index contributed by atoms with van der Waals surface area (Å²) in [7, 11) is 0. The quantitative estimate of drug-likeness (QED) is 0.682. The number of hydrogen-bond acceptors (Lipinski definition) is 4. The predicted octanol–water partition coefficient (Wildman–Crippen LogP) is 4.54. The van der Waals surface area contributed by atoms with Crippen LogP contribution in [-0.4, -0.2) is 49.5 Å². The fraction of sp³-hybridized carbons (Fsp3) is 0.417. The molecular formula is C24H30ClN3O3. The van der Waals surface area contributed by atoms with Gasteiger partial charge in [-0.1, -0.05) is 44.5 Å². The molecule has 0 unspecified atom stereocenters. The molecule has 7 heteroatoms. The van der Waals surface area contributed by atoms with E-state index in [4.69, 9.17) is 16.3 Å². The number of ether oxygens (including phenoxy) is 1. The average Bonchev–Trinajstić information content (AvgIpc) is 2.77. The van der Waals surface area contributed by atoms with Crippen LogP contribution in [0, 0.1) is 0 Å². The lowest BCUT2D eigenvalue weighted by atomic mass is 10.0. The number of carbonyl (C=O) groups excluding carboxylic acids is 2. The maximum Gasteiger partial charge on any atom is 0.262 e. The Hall–Kier alpha value is -2.73. The number of nitrogens with zero attached hydrogens (tertiary/aromatic N) is 2. The SMILES string of the molecule is CCC(=O)N1CCN(c2ccc(NC(=O)COc3ccc(C(C)C)cc3)cc2Cl)CC1. The summed E-state index contributed by atoms with van der Waals surface area (Å²) in [4.78, 5) is 28.1. The second-order valence-corrected chi connectivity index (χ2v) is 8.36. The summed E-state index contributed by atoms with van der Waals surface area (Å²) in [5.41, 5.74) is 2.76. The van der Waals surface area contributed by atoms with Crippen LogP contribution in [0.2, 0.25) is 5.02 Å². The maximum absolute atomic E-state index is 12.3. The third-order valence-electron chi connectivity index (χ3n) is 5.42. The minimum atomic E-state index is -0.247. The van der Waals surface area contributed by atoms with Gasteiger partial charge in [-0.15, -0.1) is 0 Å². The van der Waals surface area contributed by atoms with Crippen molar-refractivity contribution in [3.8, 4) is 5.75 Å². The largest absolute Gasteiger partial charge is 0.484 e. The first-order chi connectivity index (χ1) is 14.9. The lowest BCUT2D eigenvalue weighted by Gasteiger charge is -2.36. The van der Waals surface area contributed by atoms with Crippen molar-refractivity contribution < 1.29 is 14.3 Å². The molecule has 31 heavy (non-hydrogen) atoms. The van der Waals surface area contributed by atoms with Crippen LogP contribution in [0.1, 0.15) is 38.7 Å². The van der Waals surface area contributed by atoms with Crippen molar-refractivity contribution in [2.75, 3.05) is 43.0 Å². The molecule has 2 amide bonds. The van der Waals surface area contributed by atoms with Crippen molar-refractivity contribution in [1.82, 2.24) is 4.90 Å². The van der Waals surface area contributed by atoms with Gasteiger partial charge in [-0.25, -0.2) is 0 Å². The van der Waals surface area contributed by atoms with Gasteiger partial charge in [0.05, 0.1) is 10.7 Å². The summed E-state index contributed by atoms with van der Waals surface area (Å²) in [6.07, 6.45) is 0.530. The normalized spacial score (nSPS) is 14.0. The monoisotopic (exact) mass is 443 g/mol. The molecule has 0 atom stereocenters. The van der Waals surface area contributed by atoms with Crippen LogP contribution < -0.4 is 15.0 Å². The third kappa shape index (κ3) is 6.14. The van der Waals surface area contributed by atoms with E-state index in [1.165, 1.54) is 5.56 Å². The summed E-state index contributed by atoms with van der Waals surface area (Å²) < 4.78 is 5.58. The summed E-state index contributed by atoms with van der Waals surface area (Å²) in [6, 6.07) is 13.3. The summed E-state index contributed by atoms with van der Waals surface area (Å²) in [5.74, 6) is 1.05. The zero-order valence-corrected chi connectivity index (χ0v) is 19.1. The highest BCUT2D eigenvalue weighted by atomic mass is 35.5. The van der Waals surface area contributed by atoms with Crippen molar-refractivity contribution in [1.29, 1.82) is 0 Å². The fourth-order valence-electron chi connectivity index (χ4n) is 3.56. The van der Waals surface area contributed by atoms with Crippen LogP contribution in [-0.2, 0) is 9.59 Å². The second kappa shape index (κ2) is 10.5. The number of carbonyl (C=O) groups is 2. The highest BCUT2D eigenvalue weighted by Crippen LogP contribution is 2.30. The van der Waals surface area contributed by atoms with Gasteiger partial charge in [-0.05, 0) is 41.8 Å². The first-order valence-corrected chi connectivity index (χ1v) is 11.1. The molecule has 0 saturated carbocycles. The Morgan fingerprint density at radius 3 is 2.32 bits per heavy atom. The highest BCUT2D eigenvalue weighted by molar-refractivity contribution is 6.33. The van der Waals surface area contributed by atoms with Gasteiger partial charge in [0.15, 0.2) is 6.61 Å². The van der Waals surface area contributed by atoms with Crippen LogP contribution in [0.4, 0.5) is 11.4 Å². The summed E-state index contributed by atoms with van der Waals surface area (Å²) in [6.45, 7) is 8.93. The van der Waals surface area contributed by atoms with E-state index in [-0.39, 0.29) is 18.4 Å². The van der Waals surface area contributed by atoms with Gasteiger partial charge >= 0.3 is 0 Å². The Labute approximate surface area is 189 Å². The molecule has 2 aromatic carbocycles. The molecule has 1 heterocycles. The molecule has 2 aromatic rings. The minimum absolute atomic E-state index is 0.0756. The van der Waals surface area contributed by atoms with E-state index < -0.39 is 0 Å². The van der Waals surface area contributed by atoms with Gasteiger partial charge in [0.2, 0.25) is 5.91 Å². The van der Waals surface area contributed by atoms with Crippen LogP contribution in [0.15, 0.2) is 42.5 Å². The molecule has 0 bridgehead atoms. The molecule has 1 aliphatic heterocycles. The molecule has 166 valence electrons. The van der Waals surface area contributed by atoms with E-state index in [1.54, 1.807) is 6.07 Å². The van der Waals surface area contributed by atoms with E-state index in [0.29, 0.717) is 41.9 Å². The molecule has 0 aliphatic carbocycles. The topological polar surface area (TPSA) is 61.9 Å². The standard InChI is InChI=1S/C24H30ClN3O3/c1-4-24(30)28-13-11-27(12-14-28)22-10-7-19(15-21(22)25)26-23(29)16-31-20-8-5-18(6-9-20)17(2)3/h5-10,15,17H,4,11-14,16H2,1-3H3,(H,26,29). The number of nitrogens with one attached hydrogen (secondary N) is 1. The summed E-state index contributed by atoms with van der Waals surface area (Å²) in [5, 5.41) is 3.39. The molecule has 1 N–H and O–H groups in total. The molecule has 6 nitrogen and oxygen atoms in total. The number of halogens is 1. The Morgan fingerprint density at radius 1 is 1.06 bits per heavy atom. The van der Waals surface area contributed by atoms with Crippen molar-refractivity contribution in [3.63, 3.8) is 0 Å². The van der Waals surface area contributed by atoms with Crippen molar-refractivity contribution >= 4 is 34.8 Å². The van der Waals surface area contributed by atoms with Crippen molar-refractivity contribution in [2.24, 2.45) is 0 Å². The van der Waals surface area contributed by atoms with Crippen LogP contribution in [0.3, 0.4) is 0 Å². The molecule has 0 spiro atoms. The van der Waals surface area contributed by atoms with E-state index >= 15 is 0 Å². The smallest absolute Gasteiger partial charge is 0.262 e. The Morgan fingerprint density at radius 2 is 1.74 bits per heavy atom. The molecule has 0 radical (unpaired) electrons. The Balaban J connectivity index is 1.51. The number of hydrogen-bond donors (Lipinski definition) is 1. The van der Waals surface area contributed by atoms with Crippen LogP contribution in [0.25, 0.3) is 0 Å². The van der Waals surface area contributed by atoms with E-state index in [1.807, 2.05) is 48.2 Å². The minimum Gasteiger partial charge on any atom is -0.484 e. The lowest BCUT2D eigenvalue weighted by molar-refractivity contribution is -0.131. The number of amides is 2. The van der Waals surface area contributed by atoms with Gasteiger partial charge < -0.3 is 19.9 Å². The van der Waals surface area contributed by atoms with Gasteiger partial charge in [0, 0.05) is 38.3 Å². The van der Waals surface area contributed by atoms with E-state index in [0.717, 1.165) is 18.8 Å². The molecule has 1 saturated heterocycles. The molecule has 1 aliphatic rings. The first-order valence-electron chi connectivity index (χ1n) is 10.7. The van der Waals surface area contributed by atoms with Crippen LogP contribution >= 0.6 is 11.6 Å². The number of benzene rings is 2. The number of anilines is 2. The number of rotatable bonds is 7. The number of piperazine rings is 1. The average molecular weight is 444 g/mol. The Kier molecular flexibility index (Phi) is 7.80. The molecular weight excluding hydrogens is 414 g/mol. The Bertz CT molecular complexity index is 907. The zero-order chi connectivity index (χ0) is 22.4.